The Morgan fingerprint density at radius 1 is 1.19 bits per heavy atom. The number of amides is 1. The highest BCUT2D eigenvalue weighted by Gasteiger charge is 2.24. The van der Waals surface area contributed by atoms with Gasteiger partial charge >= 0.3 is 5.97 Å². The van der Waals surface area contributed by atoms with Gasteiger partial charge in [-0.3, -0.25) is 4.79 Å². The summed E-state index contributed by atoms with van der Waals surface area (Å²) in [6.45, 7) is 1.49. The number of carbonyl (C=O) groups excluding carboxylic acids is 2. The maximum absolute atomic E-state index is 12.3. The van der Waals surface area contributed by atoms with Crippen LogP contribution in [0.5, 0.6) is 0 Å². The SMILES string of the molecule is CNS(=O)(=O)c1cc(C(=O)O[C@@H](C)C(=O)NC2CCCCCC2)ccc1Cl. The lowest BCUT2D eigenvalue weighted by molar-refractivity contribution is -0.129. The molecule has 0 aliphatic heterocycles. The van der Waals surface area contributed by atoms with Crippen LogP contribution in [0.2, 0.25) is 5.02 Å². The maximum Gasteiger partial charge on any atom is 0.338 e. The zero-order valence-corrected chi connectivity index (χ0v) is 17.0. The Kier molecular flexibility index (Phi) is 7.64. The van der Waals surface area contributed by atoms with Gasteiger partial charge in [-0.25, -0.2) is 17.9 Å². The first-order valence-corrected chi connectivity index (χ1v) is 10.8. The van der Waals surface area contributed by atoms with Crippen molar-refractivity contribution in [3.63, 3.8) is 0 Å². The van der Waals surface area contributed by atoms with E-state index in [1.807, 2.05) is 0 Å². The number of ether oxygens (including phenoxy) is 1. The molecule has 1 aromatic carbocycles. The zero-order chi connectivity index (χ0) is 20.0. The van der Waals surface area contributed by atoms with E-state index in [-0.39, 0.29) is 27.4 Å². The third-order valence-corrected chi connectivity index (χ3v) is 6.48. The molecule has 2 rings (SSSR count). The average Bonchev–Trinajstić information content (AvgIpc) is 2.90. The summed E-state index contributed by atoms with van der Waals surface area (Å²) >= 11 is 5.91. The van der Waals surface area contributed by atoms with Crippen molar-refractivity contribution in [2.45, 2.75) is 62.5 Å². The van der Waals surface area contributed by atoms with Gasteiger partial charge in [-0.2, -0.15) is 0 Å². The quantitative estimate of drug-likeness (QED) is 0.548. The summed E-state index contributed by atoms with van der Waals surface area (Å²) in [4.78, 5) is 24.4. The molecule has 27 heavy (non-hydrogen) atoms. The third-order valence-electron chi connectivity index (χ3n) is 4.58. The molecule has 0 bridgehead atoms. The van der Waals surface area contributed by atoms with Crippen molar-refractivity contribution in [3.05, 3.63) is 28.8 Å². The van der Waals surface area contributed by atoms with Gasteiger partial charge in [0.05, 0.1) is 10.6 Å². The van der Waals surface area contributed by atoms with E-state index in [4.69, 9.17) is 16.3 Å². The molecule has 1 aliphatic carbocycles. The van der Waals surface area contributed by atoms with Crippen LogP contribution in [0.4, 0.5) is 0 Å². The predicted octanol–water partition coefficient (Wildman–Crippen LogP) is 2.63. The van der Waals surface area contributed by atoms with Crippen LogP contribution in [0.25, 0.3) is 0 Å². The van der Waals surface area contributed by atoms with Crippen molar-refractivity contribution in [2.75, 3.05) is 7.05 Å². The summed E-state index contributed by atoms with van der Waals surface area (Å²) in [6.07, 6.45) is 5.36. The van der Waals surface area contributed by atoms with Crippen LogP contribution >= 0.6 is 11.6 Å². The molecule has 0 saturated heterocycles. The van der Waals surface area contributed by atoms with Gasteiger partial charge in [0.25, 0.3) is 5.91 Å². The van der Waals surface area contributed by atoms with Crippen LogP contribution in [-0.2, 0) is 19.6 Å². The number of carbonyl (C=O) groups is 2. The van der Waals surface area contributed by atoms with Crippen LogP contribution in [0.3, 0.4) is 0 Å². The number of hydrogen-bond acceptors (Lipinski definition) is 5. The summed E-state index contributed by atoms with van der Waals surface area (Å²) in [7, 11) is -2.57. The first kappa shape index (κ1) is 21.7. The van der Waals surface area contributed by atoms with Gasteiger partial charge in [0, 0.05) is 6.04 Å². The number of halogens is 1. The molecule has 1 fully saturated rings. The number of sulfonamides is 1. The molecule has 0 aromatic heterocycles. The molecule has 2 N–H and O–H groups in total. The summed E-state index contributed by atoms with van der Waals surface area (Å²) in [5.74, 6) is -1.14. The fourth-order valence-corrected chi connectivity index (χ4v) is 4.22. The van der Waals surface area contributed by atoms with Crippen molar-refractivity contribution in [1.82, 2.24) is 10.0 Å². The second-order valence-corrected chi connectivity index (χ2v) is 8.86. The normalized spacial score (nSPS) is 17.0. The van der Waals surface area contributed by atoms with Gasteiger partial charge in [-0.05, 0) is 45.0 Å². The Hall–Kier alpha value is -1.64. The number of rotatable bonds is 6. The van der Waals surface area contributed by atoms with Gasteiger partial charge in [-0.1, -0.05) is 37.3 Å². The molecular weight excluding hydrogens is 392 g/mol. The van der Waals surface area contributed by atoms with E-state index in [1.54, 1.807) is 0 Å². The molecule has 1 aromatic rings. The average molecular weight is 417 g/mol. The first-order valence-electron chi connectivity index (χ1n) is 8.99. The maximum atomic E-state index is 12.3. The fourth-order valence-electron chi connectivity index (χ4n) is 2.97. The van der Waals surface area contributed by atoms with Crippen molar-refractivity contribution in [1.29, 1.82) is 0 Å². The second-order valence-electron chi connectivity index (χ2n) is 6.60. The molecule has 0 heterocycles. The number of esters is 1. The monoisotopic (exact) mass is 416 g/mol. The highest BCUT2D eigenvalue weighted by atomic mass is 35.5. The van der Waals surface area contributed by atoms with Gasteiger partial charge in [0.2, 0.25) is 10.0 Å². The van der Waals surface area contributed by atoms with Crippen molar-refractivity contribution >= 4 is 33.5 Å². The van der Waals surface area contributed by atoms with E-state index in [9.17, 15) is 18.0 Å². The van der Waals surface area contributed by atoms with Crippen molar-refractivity contribution in [3.8, 4) is 0 Å². The van der Waals surface area contributed by atoms with Crippen LogP contribution < -0.4 is 10.0 Å². The first-order chi connectivity index (χ1) is 12.7. The lowest BCUT2D eigenvalue weighted by Gasteiger charge is -2.19. The topological polar surface area (TPSA) is 102 Å². The number of nitrogens with one attached hydrogen (secondary N) is 2. The molecule has 1 atom stereocenters. The standard InChI is InChI=1S/C18H25ClN2O5S/c1-12(17(22)21-14-7-5-3-4-6-8-14)26-18(23)13-9-10-15(19)16(11-13)27(24,25)20-2/h9-12,14,20H,3-8H2,1-2H3,(H,21,22)/t12-/m0/s1. The minimum Gasteiger partial charge on any atom is -0.449 e. The minimum atomic E-state index is -3.82. The Bertz CT molecular complexity index is 789. The summed E-state index contributed by atoms with van der Waals surface area (Å²) in [5, 5.41) is 2.91. The third kappa shape index (κ3) is 5.92. The molecule has 0 unspecified atom stereocenters. The fraction of sp³-hybridized carbons (Fsp3) is 0.556. The summed E-state index contributed by atoms with van der Waals surface area (Å²) in [5.41, 5.74) is 0.00217. The van der Waals surface area contributed by atoms with Gasteiger partial charge < -0.3 is 10.1 Å². The lowest BCUT2D eigenvalue weighted by atomic mass is 10.1. The van der Waals surface area contributed by atoms with E-state index in [2.05, 4.69) is 10.0 Å². The van der Waals surface area contributed by atoms with E-state index in [0.29, 0.717) is 0 Å². The largest absolute Gasteiger partial charge is 0.449 e. The van der Waals surface area contributed by atoms with E-state index in [1.165, 1.54) is 38.9 Å². The second kappa shape index (κ2) is 9.52. The molecule has 1 saturated carbocycles. The molecule has 9 heteroatoms. The summed E-state index contributed by atoms with van der Waals surface area (Å²) < 4.78 is 31.3. The number of benzene rings is 1. The van der Waals surface area contributed by atoms with Crippen LogP contribution in [-0.4, -0.2) is 39.5 Å². The molecule has 150 valence electrons. The van der Waals surface area contributed by atoms with Gasteiger partial charge in [-0.15, -0.1) is 0 Å². The Balaban J connectivity index is 2.03. The van der Waals surface area contributed by atoms with Crippen LogP contribution in [0.1, 0.15) is 55.8 Å². The van der Waals surface area contributed by atoms with E-state index < -0.39 is 22.1 Å². The van der Waals surface area contributed by atoms with Gasteiger partial charge in [0.1, 0.15) is 4.90 Å². The van der Waals surface area contributed by atoms with E-state index in [0.717, 1.165) is 31.7 Å². The zero-order valence-electron chi connectivity index (χ0n) is 15.5. The van der Waals surface area contributed by atoms with Crippen LogP contribution in [0.15, 0.2) is 23.1 Å². The number of hydrogen-bond donors (Lipinski definition) is 2. The Labute approximate surface area is 164 Å². The Morgan fingerprint density at radius 3 is 2.41 bits per heavy atom. The molecule has 0 radical (unpaired) electrons. The van der Waals surface area contributed by atoms with Gasteiger partial charge in [0.15, 0.2) is 6.10 Å². The lowest BCUT2D eigenvalue weighted by Crippen LogP contribution is -2.41. The predicted molar refractivity (Wildman–Crippen MR) is 102 cm³/mol. The molecule has 1 amide bonds. The van der Waals surface area contributed by atoms with E-state index >= 15 is 0 Å². The highest BCUT2D eigenvalue weighted by Crippen LogP contribution is 2.23. The van der Waals surface area contributed by atoms with Crippen LogP contribution in [0, 0.1) is 0 Å². The molecule has 7 nitrogen and oxygen atoms in total. The molecule has 0 spiro atoms. The highest BCUT2D eigenvalue weighted by molar-refractivity contribution is 7.89. The summed E-state index contributed by atoms with van der Waals surface area (Å²) in [6, 6.07) is 3.89. The molecular formula is C18H25ClN2O5S. The van der Waals surface area contributed by atoms with Crippen molar-refractivity contribution in [2.24, 2.45) is 0 Å². The molecule has 1 aliphatic rings. The van der Waals surface area contributed by atoms with Crippen molar-refractivity contribution < 1.29 is 22.7 Å². The smallest absolute Gasteiger partial charge is 0.338 e. The Morgan fingerprint density at radius 2 is 1.81 bits per heavy atom. The minimum absolute atomic E-state index is 0.00217.